The molecule has 0 radical (unpaired) electrons. The minimum Gasteiger partial charge on any atom is -0.487 e. The van der Waals surface area contributed by atoms with Crippen LogP contribution in [0.3, 0.4) is 0 Å². The molecule has 3 aromatic rings. The van der Waals surface area contributed by atoms with Crippen molar-refractivity contribution >= 4 is 11.6 Å². The minimum atomic E-state index is -0.378. The summed E-state index contributed by atoms with van der Waals surface area (Å²) in [6.45, 7) is 1.11. The lowest BCUT2D eigenvalue weighted by molar-refractivity contribution is 0.0962. The number of fused-ring (bicyclic) bond motifs is 1. The normalized spacial score (nSPS) is 13.6. The Kier molecular flexibility index (Phi) is 4.12. The lowest BCUT2D eigenvalue weighted by atomic mass is 10.2. The van der Waals surface area contributed by atoms with Crippen molar-refractivity contribution in [2.75, 3.05) is 11.4 Å². The Morgan fingerprint density at radius 3 is 2.58 bits per heavy atom. The van der Waals surface area contributed by atoms with Crippen molar-refractivity contribution in [3.05, 3.63) is 77.6 Å². The Bertz CT molecular complexity index is 954. The summed E-state index contributed by atoms with van der Waals surface area (Å²) in [5.74, 6) is -0.528. The topological polar surface area (TPSA) is 47.4 Å². The summed E-state index contributed by atoms with van der Waals surface area (Å²) < 4.78 is 33.4. The molecule has 26 heavy (non-hydrogen) atoms. The van der Waals surface area contributed by atoms with Crippen molar-refractivity contribution in [3.8, 4) is 5.75 Å². The van der Waals surface area contributed by atoms with Crippen LogP contribution in [0.4, 0.5) is 14.5 Å². The molecule has 2 aromatic carbocycles. The summed E-state index contributed by atoms with van der Waals surface area (Å²) in [6.07, 6.45) is 0. The highest BCUT2D eigenvalue weighted by molar-refractivity contribution is 6.05. The number of halogens is 2. The zero-order chi connectivity index (χ0) is 18.1. The van der Waals surface area contributed by atoms with Crippen LogP contribution in [-0.4, -0.2) is 22.2 Å². The Balaban J connectivity index is 1.51. The van der Waals surface area contributed by atoms with Crippen molar-refractivity contribution in [2.45, 2.75) is 13.2 Å². The van der Waals surface area contributed by atoms with Gasteiger partial charge in [0, 0.05) is 18.3 Å². The van der Waals surface area contributed by atoms with E-state index in [0.717, 1.165) is 0 Å². The van der Waals surface area contributed by atoms with Crippen LogP contribution in [-0.2, 0) is 13.2 Å². The second kappa shape index (κ2) is 6.59. The van der Waals surface area contributed by atoms with Crippen molar-refractivity contribution in [1.82, 2.24) is 9.78 Å². The first-order valence-corrected chi connectivity index (χ1v) is 8.13. The van der Waals surface area contributed by atoms with Crippen molar-refractivity contribution in [2.24, 2.45) is 0 Å². The summed E-state index contributed by atoms with van der Waals surface area (Å²) in [7, 11) is 0. The second-order valence-corrected chi connectivity index (χ2v) is 5.92. The van der Waals surface area contributed by atoms with Gasteiger partial charge in [0.05, 0.1) is 6.54 Å². The van der Waals surface area contributed by atoms with E-state index < -0.39 is 0 Å². The monoisotopic (exact) mass is 355 g/mol. The van der Waals surface area contributed by atoms with Gasteiger partial charge in [-0.15, -0.1) is 0 Å². The minimum absolute atomic E-state index is 0.132. The lowest BCUT2D eigenvalue weighted by Crippen LogP contribution is -2.40. The molecule has 1 aliphatic rings. The van der Waals surface area contributed by atoms with Gasteiger partial charge in [0.15, 0.2) is 0 Å². The predicted molar refractivity (Wildman–Crippen MR) is 91.0 cm³/mol. The van der Waals surface area contributed by atoms with Crippen LogP contribution in [0, 0.1) is 11.6 Å². The van der Waals surface area contributed by atoms with Crippen molar-refractivity contribution in [3.63, 3.8) is 0 Å². The number of anilines is 1. The average molecular weight is 355 g/mol. The number of benzene rings is 2. The van der Waals surface area contributed by atoms with Gasteiger partial charge in [-0.1, -0.05) is 6.07 Å². The first-order chi connectivity index (χ1) is 12.6. The van der Waals surface area contributed by atoms with Gasteiger partial charge in [-0.3, -0.25) is 9.48 Å². The number of hydrogen-bond donors (Lipinski definition) is 0. The average Bonchev–Trinajstić information content (AvgIpc) is 3.06. The lowest BCUT2D eigenvalue weighted by Gasteiger charge is -2.27. The number of carbonyl (C=O) groups excluding carboxylic acids is 1. The highest BCUT2D eigenvalue weighted by Crippen LogP contribution is 2.22. The number of hydrogen-bond acceptors (Lipinski definition) is 3. The summed E-state index contributed by atoms with van der Waals surface area (Å²) in [6, 6.07) is 13.3. The molecule has 0 bridgehead atoms. The van der Waals surface area contributed by atoms with Gasteiger partial charge in [-0.25, -0.2) is 8.78 Å². The number of nitrogens with zero attached hydrogens (tertiary/aromatic N) is 3. The van der Waals surface area contributed by atoms with E-state index in [0.29, 0.717) is 35.9 Å². The Labute approximate surface area is 148 Å². The van der Waals surface area contributed by atoms with E-state index in [1.165, 1.54) is 24.3 Å². The fourth-order valence-electron chi connectivity index (χ4n) is 2.90. The fourth-order valence-corrected chi connectivity index (χ4v) is 2.90. The molecule has 0 fully saturated rings. The number of aromatic nitrogens is 2. The van der Waals surface area contributed by atoms with Crippen molar-refractivity contribution in [1.29, 1.82) is 0 Å². The molecule has 0 saturated heterocycles. The SMILES string of the molecule is O=C1c2cc(COc3cccc(F)c3)nn2CCN1c1ccc(F)cc1. The molecule has 132 valence electrons. The van der Waals surface area contributed by atoms with Gasteiger partial charge < -0.3 is 9.64 Å². The molecule has 4 rings (SSSR count). The third-order valence-corrected chi connectivity index (χ3v) is 4.15. The number of rotatable bonds is 4. The molecular weight excluding hydrogens is 340 g/mol. The van der Waals surface area contributed by atoms with E-state index in [1.54, 1.807) is 39.9 Å². The van der Waals surface area contributed by atoms with Crippen LogP contribution in [0.15, 0.2) is 54.6 Å². The van der Waals surface area contributed by atoms with E-state index in [9.17, 15) is 13.6 Å². The highest BCUT2D eigenvalue weighted by Gasteiger charge is 2.27. The van der Waals surface area contributed by atoms with Gasteiger partial charge in [-0.2, -0.15) is 5.10 Å². The van der Waals surface area contributed by atoms with E-state index >= 15 is 0 Å². The largest absolute Gasteiger partial charge is 0.487 e. The smallest absolute Gasteiger partial charge is 0.276 e. The van der Waals surface area contributed by atoms with Crippen LogP contribution in [0.25, 0.3) is 0 Å². The van der Waals surface area contributed by atoms with Crippen LogP contribution in [0.1, 0.15) is 16.2 Å². The zero-order valence-electron chi connectivity index (χ0n) is 13.7. The number of ether oxygens (including phenoxy) is 1. The molecule has 0 spiro atoms. The summed E-state index contributed by atoms with van der Waals surface area (Å²) in [4.78, 5) is 14.3. The summed E-state index contributed by atoms with van der Waals surface area (Å²) in [5.41, 5.74) is 1.67. The Morgan fingerprint density at radius 2 is 1.81 bits per heavy atom. The number of carbonyl (C=O) groups is 1. The molecule has 0 N–H and O–H groups in total. The Morgan fingerprint density at radius 1 is 1.00 bits per heavy atom. The third-order valence-electron chi connectivity index (χ3n) is 4.15. The molecule has 0 aliphatic carbocycles. The zero-order valence-corrected chi connectivity index (χ0v) is 13.7. The summed E-state index contributed by atoms with van der Waals surface area (Å²) >= 11 is 0. The molecule has 0 atom stereocenters. The first kappa shape index (κ1) is 16.3. The molecule has 5 nitrogen and oxygen atoms in total. The van der Waals surface area contributed by atoms with Crippen molar-refractivity contribution < 1.29 is 18.3 Å². The van der Waals surface area contributed by atoms with Crippen LogP contribution in [0.5, 0.6) is 5.75 Å². The van der Waals surface area contributed by atoms with Gasteiger partial charge in [-0.05, 0) is 42.5 Å². The number of amides is 1. The predicted octanol–water partition coefficient (Wildman–Crippen LogP) is 3.40. The molecule has 2 heterocycles. The maximum absolute atomic E-state index is 13.2. The first-order valence-electron chi connectivity index (χ1n) is 8.13. The van der Waals surface area contributed by atoms with Gasteiger partial charge >= 0.3 is 0 Å². The van der Waals surface area contributed by atoms with Crippen LogP contribution >= 0.6 is 0 Å². The highest BCUT2D eigenvalue weighted by atomic mass is 19.1. The fraction of sp³-hybridized carbons (Fsp3) is 0.158. The molecule has 0 saturated carbocycles. The maximum Gasteiger partial charge on any atom is 0.276 e. The van der Waals surface area contributed by atoms with Crippen LogP contribution < -0.4 is 9.64 Å². The maximum atomic E-state index is 13.2. The molecule has 7 heteroatoms. The molecular formula is C19H15F2N3O2. The van der Waals surface area contributed by atoms with Gasteiger partial charge in [0.2, 0.25) is 0 Å². The van der Waals surface area contributed by atoms with Crippen LogP contribution in [0.2, 0.25) is 0 Å². The standard InChI is InChI=1S/C19H15F2N3O2/c20-13-4-6-16(7-5-13)23-8-9-24-18(19(23)25)11-15(22-24)12-26-17-3-1-2-14(21)10-17/h1-7,10-11H,8-9,12H2. The Hall–Kier alpha value is -3.22. The molecule has 0 unspecified atom stereocenters. The van der Waals surface area contributed by atoms with E-state index in [1.807, 2.05) is 0 Å². The van der Waals surface area contributed by atoms with Gasteiger partial charge in [0.25, 0.3) is 5.91 Å². The third kappa shape index (κ3) is 3.15. The molecule has 1 amide bonds. The van der Waals surface area contributed by atoms with E-state index in [2.05, 4.69) is 5.10 Å². The van der Waals surface area contributed by atoms with E-state index in [-0.39, 0.29) is 24.1 Å². The quantitative estimate of drug-likeness (QED) is 0.721. The summed E-state index contributed by atoms with van der Waals surface area (Å²) in [5, 5.41) is 4.37. The molecule has 1 aromatic heterocycles. The van der Waals surface area contributed by atoms with E-state index in [4.69, 9.17) is 4.74 Å². The second-order valence-electron chi connectivity index (χ2n) is 5.92. The molecule has 1 aliphatic heterocycles. The van der Waals surface area contributed by atoms with Gasteiger partial charge in [0.1, 0.15) is 35.4 Å².